The normalized spacial score (nSPS) is 19.1. The average molecular weight is 372 g/mol. The van der Waals surface area contributed by atoms with Crippen LogP contribution in [0.3, 0.4) is 0 Å². The lowest BCUT2D eigenvalue weighted by Crippen LogP contribution is -2.46. The van der Waals surface area contributed by atoms with Crippen molar-refractivity contribution in [2.45, 2.75) is 38.4 Å². The van der Waals surface area contributed by atoms with E-state index >= 15 is 0 Å². The van der Waals surface area contributed by atoms with Crippen LogP contribution in [0.2, 0.25) is 0 Å². The monoisotopic (exact) mass is 372 g/mol. The number of benzene rings is 2. The van der Waals surface area contributed by atoms with Crippen molar-refractivity contribution in [1.29, 1.82) is 0 Å². The molecule has 27 heavy (non-hydrogen) atoms. The highest BCUT2D eigenvalue weighted by Crippen LogP contribution is 2.28. The van der Waals surface area contributed by atoms with E-state index in [0.717, 1.165) is 51.5 Å². The van der Waals surface area contributed by atoms with Gasteiger partial charge in [0.25, 0.3) is 0 Å². The number of likely N-dealkylation sites (tertiary alicyclic amines) is 1. The summed E-state index contributed by atoms with van der Waals surface area (Å²) in [5.74, 6) is -1.18. The predicted molar refractivity (Wildman–Crippen MR) is 102 cm³/mol. The Balaban J connectivity index is 1.37. The second-order valence-corrected chi connectivity index (χ2v) is 7.54. The number of hydrogen-bond donors (Lipinski definition) is 0. The molecular weight excluding hydrogens is 346 g/mol. The quantitative estimate of drug-likeness (QED) is 0.807. The van der Waals surface area contributed by atoms with Crippen molar-refractivity contribution in [2.75, 3.05) is 26.7 Å². The maximum Gasteiger partial charge on any atom is 0.167 e. The van der Waals surface area contributed by atoms with Crippen LogP contribution in [0.4, 0.5) is 8.78 Å². The van der Waals surface area contributed by atoms with E-state index in [2.05, 4.69) is 34.1 Å². The van der Waals surface area contributed by atoms with Crippen molar-refractivity contribution >= 4 is 0 Å². The molecule has 1 fully saturated rings. The van der Waals surface area contributed by atoms with Crippen LogP contribution >= 0.6 is 0 Å². The van der Waals surface area contributed by atoms with E-state index in [-0.39, 0.29) is 0 Å². The average Bonchev–Trinajstić information content (AvgIpc) is 2.72. The van der Waals surface area contributed by atoms with Gasteiger partial charge >= 0.3 is 0 Å². The lowest BCUT2D eigenvalue weighted by molar-refractivity contribution is 0.0938. The van der Waals surface area contributed by atoms with Crippen molar-refractivity contribution in [3.8, 4) is 5.75 Å². The predicted octanol–water partition coefficient (Wildman–Crippen LogP) is 4.00. The summed E-state index contributed by atoms with van der Waals surface area (Å²) >= 11 is 0. The zero-order chi connectivity index (χ0) is 18.8. The largest absolute Gasteiger partial charge is 0.496 e. The minimum atomic E-state index is -0.812. The van der Waals surface area contributed by atoms with Gasteiger partial charge in [-0.3, -0.25) is 9.80 Å². The number of nitrogens with zero attached hydrogens (tertiary/aromatic N) is 2. The maximum atomic E-state index is 14.2. The van der Waals surface area contributed by atoms with Gasteiger partial charge in [-0.25, -0.2) is 8.78 Å². The van der Waals surface area contributed by atoms with Crippen molar-refractivity contribution in [2.24, 2.45) is 0 Å². The molecule has 0 amide bonds. The molecule has 2 aliphatic rings. The molecule has 0 radical (unpaired) electrons. The summed E-state index contributed by atoms with van der Waals surface area (Å²) in [5.41, 5.74) is 3.24. The van der Waals surface area contributed by atoms with E-state index in [1.165, 1.54) is 24.3 Å². The molecule has 1 saturated heterocycles. The Hall–Kier alpha value is -1.98. The molecule has 0 aromatic heterocycles. The summed E-state index contributed by atoms with van der Waals surface area (Å²) in [6, 6.07) is 11.9. The molecule has 2 aromatic carbocycles. The summed E-state index contributed by atoms with van der Waals surface area (Å²) in [6.07, 6.45) is 3.23. The van der Waals surface area contributed by atoms with Crippen LogP contribution in [0.5, 0.6) is 5.75 Å². The molecule has 0 atom stereocenters. The van der Waals surface area contributed by atoms with Gasteiger partial charge in [-0.05, 0) is 55.6 Å². The fourth-order valence-electron chi connectivity index (χ4n) is 4.41. The summed E-state index contributed by atoms with van der Waals surface area (Å²) in [5, 5.41) is 0. The molecule has 0 saturated carbocycles. The standard InChI is InChI=1S/C22H26F2N2O/c1-27-21-7-6-20(23)22(24)19(21)15-25-11-9-18(10-12-25)26-13-8-16-4-2-3-5-17(16)14-26/h2-7,18H,8-15H2,1H3. The molecule has 2 aliphatic heterocycles. The lowest BCUT2D eigenvalue weighted by atomic mass is 9.95. The Morgan fingerprint density at radius 2 is 1.74 bits per heavy atom. The summed E-state index contributed by atoms with van der Waals surface area (Å²) < 4.78 is 33.1. The first-order chi connectivity index (χ1) is 13.2. The maximum absolute atomic E-state index is 14.2. The molecule has 0 bridgehead atoms. The number of rotatable bonds is 4. The zero-order valence-corrected chi connectivity index (χ0v) is 15.8. The first kappa shape index (κ1) is 18.4. The Morgan fingerprint density at radius 3 is 2.48 bits per heavy atom. The SMILES string of the molecule is COc1ccc(F)c(F)c1CN1CCC(N2CCc3ccccc3C2)CC1. The molecule has 144 valence electrons. The van der Waals surface area contributed by atoms with Gasteiger partial charge in [0.2, 0.25) is 0 Å². The molecular formula is C22H26F2N2O. The van der Waals surface area contributed by atoms with Gasteiger partial charge in [0.1, 0.15) is 5.75 Å². The van der Waals surface area contributed by atoms with Crippen molar-refractivity contribution in [1.82, 2.24) is 9.80 Å². The molecule has 0 unspecified atom stereocenters. The third-order valence-corrected chi connectivity index (χ3v) is 5.99. The smallest absolute Gasteiger partial charge is 0.167 e. The van der Waals surface area contributed by atoms with Crippen LogP contribution < -0.4 is 4.74 Å². The molecule has 3 nitrogen and oxygen atoms in total. The fraction of sp³-hybridized carbons (Fsp3) is 0.455. The third-order valence-electron chi connectivity index (χ3n) is 5.99. The molecule has 5 heteroatoms. The summed E-state index contributed by atoms with van der Waals surface area (Å²) in [6.45, 7) is 4.30. The molecule has 2 heterocycles. The highest BCUT2D eigenvalue weighted by atomic mass is 19.2. The van der Waals surface area contributed by atoms with E-state index in [9.17, 15) is 8.78 Å². The molecule has 0 spiro atoms. The number of halogens is 2. The number of methoxy groups -OCH3 is 1. The van der Waals surface area contributed by atoms with Crippen molar-refractivity contribution < 1.29 is 13.5 Å². The van der Waals surface area contributed by atoms with E-state index < -0.39 is 11.6 Å². The Bertz CT molecular complexity index is 803. The Morgan fingerprint density at radius 1 is 1.00 bits per heavy atom. The lowest BCUT2D eigenvalue weighted by Gasteiger charge is -2.40. The molecule has 4 rings (SSSR count). The van der Waals surface area contributed by atoms with Crippen LogP contribution in [0, 0.1) is 11.6 Å². The first-order valence-electron chi connectivity index (χ1n) is 9.69. The van der Waals surface area contributed by atoms with Crippen LogP contribution in [0.15, 0.2) is 36.4 Å². The summed E-state index contributed by atoms with van der Waals surface area (Å²) in [7, 11) is 1.50. The zero-order valence-electron chi connectivity index (χ0n) is 15.8. The van der Waals surface area contributed by atoms with Crippen LogP contribution in [0.25, 0.3) is 0 Å². The minimum Gasteiger partial charge on any atom is -0.496 e. The first-order valence-corrected chi connectivity index (χ1v) is 9.69. The fourth-order valence-corrected chi connectivity index (χ4v) is 4.41. The molecule has 0 aliphatic carbocycles. The second-order valence-electron chi connectivity index (χ2n) is 7.54. The van der Waals surface area contributed by atoms with Crippen LogP contribution in [-0.4, -0.2) is 42.6 Å². The van der Waals surface area contributed by atoms with Gasteiger partial charge in [0.05, 0.1) is 7.11 Å². The van der Waals surface area contributed by atoms with Gasteiger partial charge in [-0.2, -0.15) is 0 Å². The van der Waals surface area contributed by atoms with E-state index in [1.807, 2.05) is 0 Å². The third kappa shape index (κ3) is 3.85. The Kier molecular flexibility index (Phi) is 5.41. The van der Waals surface area contributed by atoms with Crippen molar-refractivity contribution in [3.05, 3.63) is 64.7 Å². The van der Waals surface area contributed by atoms with Gasteiger partial charge in [-0.15, -0.1) is 0 Å². The van der Waals surface area contributed by atoms with Crippen LogP contribution in [0.1, 0.15) is 29.5 Å². The van der Waals surface area contributed by atoms with Gasteiger partial charge < -0.3 is 4.74 Å². The summed E-state index contributed by atoms with van der Waals surface area (Å²) in [4.78, 5) is 4.79. The van der Waals surface area contributed by atoms with Crippen molar-refractivity contribution in [3.63, 3.8) is 0 Å². The number of piperidine rings is 1. The number of ether oxygens (including phenoxy) is 1. The topological polar surface area (TPSA) is 15.7 Å². The molecule has 2 aromatic rings. The minimum absolute atomic E-state index is 0.322. The highest BCUT2D eigenvalue weighted by Gasteiger charge is 2.28. The van der Waals surface area contributed by atoms with Gasteiger partial charge in [0, 0.05) is 31.2 Å². The van der Waals surface area contributed by atoms with Gasteiger partial charge in [0.15, 0.2) is 11.6 Å². The van der Waals surface area contributed by atoms with Crippen LogP contribution in [-0.2, 0) is 19.5 Å². The Labute approximate surface area is 159 Å². The van der Waals surface area contributed by atoms with E-state index in [1.54, 1.807) is 0 Å². The second kappa shape index (κ2) is 7.95. The number of fused-ring (bicyclic) bond motifs is 1. The van der Waals surface area contributed by atoms with E-state index in [0.29, 0.717) is 23.9 Å². The highest BCUT2D eigenvalue weighted by molar-refractivity contribution is 5.35. The molecule has 0 N–H and O–H groups in total. The van der Waals surface area contributed by atoms with E-state index in [4.69, 9.17) is 4.74 Å². The number of hydrogen-bond acceptors (Lipinski definition) is 3. The van der Waals surface area contributed by atoms with Gasteiger partial charge in [-0.1, -0.05) is 24.3 Å².